The van der Waals surface area contributed by atoms with Crippen molar-refractivity contribution in [3.8, 4) is 0 Å². The Balaban J connectivity index is 2.28. The van der Waals surface area contributed by atoms with Gasteiger partial charge in [-0.25, -0.2) is 0 Å². The van der Waals surface area contributed by atoms with Crippen molar-refractivity contribution in [2.45, 2.75) is 25.8 Å². The van der Waals surface area contributed by atoms with Crippen LogP contribution in [0.5, 0.6) is 0 Å². The highest BCUT2D eigenvalue weighted by atomic mass is 16.2. The highest BCUT2D eigenvalue weighted by molar-refractivity contribution is 5.99. The maximum Gasteiger partial charge on any atom is 0.254 e. The predicted molar refractivity (Wildman–Crippen MR) is 64.2 cm³/mol. The van der Waals surface area contributed by atoms with E-state index >= 15 is 0 Å². The van der Waals surface area contributed by atoms with E-state index in [0.29, 0.717) is 6.54 Å². The van der Waals surface area contributed by atoms with Crippen molar-refractivity contribution in [3.63, 3.8) is 0 Å². The van der Waals surface area contributed by atoms with E-state index in [1.807, 2.05) is 29.2 Å². The monoisotopic (exact) mass is 218 g/mol. The zero-order chi connectivity index (χ0) is 11.5. The number of fused-ring (bicyclic) bond motifs is 1. The first-order valence-corrected chi connectivity index (χ1v) is 5.89. The van der Waals surface area contributed by atoms with Crippen LogP contribution in [-0.4, -0.2) is 23.9 Å². The molecule has 1 aromatic carbocycles. The van der Waals surface area contributed by atoms with Gasteiger partial charge in [-0.05, 0) is 18.1 Å². The number of amides is 1. The lowest BCUT2D eigenvalue weighted by atomic mass is 10.1. The van der Waals surface area contributed by atoms with Crippen LogP contribution in [0.15, 0.2) is 24.3 Å². The smallest absolute Gasteiger partial charge is 0.254 e. The Labute approximate surface area is 96.2 Å². The van der Waals surface area contributed by atoms with E-state index in [1.165, 1.54) is 0 Å². The molecule has 0 aliphatic carbocycles. The Kier molecular flexibility index (Phi) is 3.25. The molecule has 0 radical (unpaired) electrons. The molecule has 0 saturated carbocycles. The number of carbonyl (C=O) groups excluding carboxylic acids is 1. The molecule has 0 saturated heterocycles. The molecule has 3 nitrogen and oxygen atoms in total. The predicted octanol–water partition coefficient (Wildman–Crippen LogP) is 1.94. The molecule has 0 aromatic heterocycles. The number of nitrogens with two attached hydrogens (primary N) is 1. The van der Waals surface area contributed by atoms with Crippen LogP contribution < -0.4 is 5.73 Å². The molecule has 2 rings (SSSR count). The van der Waals surface area contributed by atoms with Crippen molar-refractivity contribution in [2.75, 3.05) is 13.1 Å². The summed E-state index contributed by atoms with van der Waals surface area (Å²) in [4.78, 5) is 14.1. The fraction of sp³-hybridized carbons (Fsp3) is 0.462. The largest absolute Gasteiger partial charge is 0.330 e. The van der Waals surface area contributed by atoms with Crippen molar-refractivity contribution in [1.29, 1.82) is 0 Å². The van der Waals surface area contributed by atoms with Gasteiger partial charge in [0.25, 0.3) is 5.91 Å². The lowest BCUT2D eigenvalue weighted by molar-refractivity contribution is 0.0727. The van der Waals surface area contributed by atoms with E-state index in [9.17, 15) is 4.79 Å². The summed E-state index contributed by atoms with van der Waals surface area (Å²) in [5, 5.41) is 0. The third-order valence-electron chi connectivity index (χ3n) is 3.16. The first-order chi connectivity index (χ1) is 7.79. The van der Waals surface area contributed by atoms with E-state index in [0.717, 1.165) is 30.5 Å². The molecule has 1 aromatic rings. The minimum atomic E-state index is 0.0789. The Hall–Kier alpha value is -1.35. The molecule has 2 N–H and O–H groups in total. The third-order valence-corrected chi connectivity index (χ3v) is 3.16. The molecule has 0 fully saturated rings. The number of benzene rings is 1. The van der Waals surface area contributed by atoms with Gasteiger partial charge in [0.1, 0.15) is 0 Å². The average Bonchev–Trinajstić information content (AvgIpc) is 2.60. The SMILES string of the molecule is CCCCN1C(=O)c2ccccc2C1CN. The Bertz CT molecular complexity index is 389. The third kappa shape index (κ3) is 1.71. The summed E-state index contributed by atoms with van der Waals surface area (Å²) in [6.07, 6.45) is 2.13. The molecule has 86 valence electrons. The summed E-state index contributed by atoms with van der Waals surface area (Å²) in [5.41, 5.74) is 7.70. The topological polar surface area (TPSA) is 46.3 Å². The molecule has 3 heteroatoms. The van der Waals surface area contributed by atoms with Gasteiger partial charge < -0.3 is 10.6 Å². The molecular weight excluding hydrogens is 200 g/mol. The molecular formula is C13H18N2O. The zero-order valence-corrected chi connectivity index (χ0v) is 9.65. The van der Waals surface area contributed by atoms with E-state index in [1.54, 1.807) is 0 Å². The van der Waals surface area contributed by atoms with E-state index in [-0.39, 0.29) is 11.9 Å². The average molecular weight is 218 g/mol. The molecule has 1 atom stereocenters. The number of nitrogens with zero attached hydrogens (tertiary/aromatic N) is 1. The van der Waals surface area contributed by atoms with Crippen LogP contribution in [0.25, 0.3) is 0 Å². The lowest BCUT2D eigenvalue weighted by Gasteiger charge is -2.23. The highest BCUT2D eigenvalue weighted by Gasteiger charge is 2.34. The molecule has 1 aliphatic rings. The number of rotatable bonds is 4. The standard InChI is InChI=1S/C13H18N2O/c1-2-3-8-15-12(9-14)10-6-4-5-7-11(10)13(15)16/h4-7,12H,2-3,8-9,14H2,1H3. The summed E-state index contributed by atoms with van der Waals surface area (Å²) in [6.45, 7) is 3.45. The first kappa shape index (κ1) is 11.1. The van der Waals surface area contributed by atoms with E-state index in [2.05, 4.69) is 6.92 Å². The number of unbranched alkanes of at least 4 members (excludes halogenated alkanes) is 1. The normalized spacial score (nSPS) is 19.0. The van der Waals surface area contributed by atoms with Gasteiger partial charge in [-0.15, -0.1) is 0 Å². The number of carbonyl (C=O) groups is 1. The van der Waals surface area contributed by atoms with Gasteiger partial charge in [0.05, 0.1) is 6.04 Å². The fourth-order valence-electron chi connectivity index (χ4n) is 2.29. The molecule has 1 heterocycles. The van der Waals surface area contributed by atoms with Crippen LogP contribution in [0, 0.1) is 0 Å². The zero-order valence-electron chi connectivity index (χ0n) is 9.65. The first-order valence-electron chi connectivity index (χ1n) is 5.89. The van der Waals surface area contributed by atoms with Gasteiger partial charge in [0, 0.05) is 18.7 Å². The van der Waals surface area contributed by atoms with Crippen molar-refractivity contribution >= 4 is 5.91 Å². The summed E-state index contributed by atoms with van der Waals surface area (Å²) >= 11 is 0. The van der Waals surface area contributed by atoms with Gasteiger partial charge in [0.15, 0.2) is 0 Å². The summed E-state index contributed by atoms with van der Waals surface area (Å²) in [7, 11) is 0. The second-order valence-corrected chi connectivity index (χ2v) is 4.19. The Morgan fingerprint density at radius 1 is 1.38 bits per heavy atom. The second-order valence-electron chi connectivity index (χ2n) is 4.19. The van der Waals surface area contributed by atoms with Gasteiger partial charge in [-0.1, -0.05) is 31.5 Å². The Morgan fingerprint density at radius 2 is 2.12 bits per heavy atom. The van der Waals surface area contributed by atoms with Crippen molar-refractivity contribution in [1.82, 2.24) is 4.90 Å². The molecule has 1 amide bonds. The summed E-state index contributed by atoms with van der Waals surface area (Å²) in [5.74, 6) is 0.138. The number of hydrogen-bond donors (Lipinski definition) is 1. The van der Waals surface area contributed by atoms with Crippen LogP contribution in [0.3, 0.4) is 0 Å². The lowest BCUT2D eigenvalue weighted by Crippen LogP contribution is -2.33. The quantitative estimate of drug-likeness (QED) is 0.839. The van der Waals surface area contributed by atoms with Crippen molar-refractivity contribution < 1.29 is 4.79 Å². The maximum absolute atomic E-state index is 12.1. The Morgan fingerprint density at radius 3 is 2.81 bits per heavy atom. The number of hydrogen-bond acceptors (Lipinski definition) is 2. The summed E-state index contributed by atoms with van der Waals surface area (Å²) in [6, 6.07) is 7.87. The van der Waals surface area contributed by atoms with Crippen LogP contribution >= 0.6 is 0 Å². The molecule has 1 unspecified atom stereocenters. The van der Waals surface area contributed by atoms with Crippen LogP contribution in [0.2, 0.25) is 0 Å². The van der Waals surface area contributed by atoms with Crippen LogP contribution in [0.1, 0.15) is 41.7 Å². The van der Waals surface area contributed by atoms with E-state index in [4.69, 9.17) is 5.73 Å². The minimum absolute atomic E-state index is 0.0789. The van der Waals surface area contributed by atoms with Gasteiger partial charge in [-0.3, -0.25) is 4.79 Å². The van der Waals surface area contributed by atoms with E-state index < -0.39 is 0 Å². The van der Waals surface area contributed by atoms with Gasteiger partial charge in [-0.2, -0.15) is 0 Å². The van der Waals surface area contributed by atoms with Crippen LogP contribution in [-0.2, 0) is 0 Å². The molecule has 0 spiro atoms. The maximum atomic E-state index is 12.1. The van der Waals surface area contributed by atoms with Crippen LogP contribution in [0.4, 0.5) is 0 Å². The van der Waals surface area contributed by atoms with Gasteiger partial charge >= 0.3 is 0 Å². The molecule has 16 heavy (non-hydrogen) atoms. The molecule has 0 bridgehead atoms. The molecule has 1 aliphatic heterocycles. The van der Waals surface area contributed by atoms with Gasteiger partial charge in [0.2, 0.25) is 0 Å². The second kappa shape index (κ2) is 4.66. The fourth-order valence-corrected chi connectivity index (χ4v) is 2.29. The highest BCUT2D eigenvalue weighted by Crippen LogP contribution is 2.32. The minimum Gasteiger partial charge on any atom is -0.330 e. The summed E-state index contributed by atoms with van der Waals surface area (Å²) < 4.78 is 0. The van der Waals surface area contributed by atoms with Crippen molar-refractivity contribution in [3.05, 3.63) is 35.4 Å². The van der Waals surface area contributed by atoms with Crippen molar-refractivity contribution in [2.24, 2.45) is 5.73 Å².